The maximum Gasteiger partial charge on any atom is 0.220 e. The third kappa shape index (κ3) is 39.4. The molecule has 0 radical (unpaired) electrons. The lowest BCUT2D eigenvalue weighted by Crippen LogP contribution is -2.60. The van der Waals surface area contributed by atoms with E-state index in [4.69, 9.17) is 9.47 Å². The second-order valence-electron chi connectivity index (χ2n) is 20.4. The fraction of sp³-hybridized carbons (Fsp3) is 0.850. The van der Waals surface area contributed by atoms with Gasteiger partial charge in [0.1, 0.15) is 24.4 Å². The first kappa shape index (κ1) is 65.2. The third-order valence-corrected chi connectivity index (χ3v) is 13.9. The van der Waals surface area contributed by atoms with Gasteiger partial charge in [-0.3, -0.25) is 4.79 Å². The lowest BCUT2D eigenvalue weighted by Gasteiger charge is -2.40. The molecule has 7 atom stereocenters. The Kier molecular flexibility index (Phi) is 47.0. The lowest BCUT2D eigenvalue weighted by atomic mass is 9.99. The summed E-state index contributed by atoms with van der Waals surface area (Å²) >= 11 is 0. The molecule has 69 heavy (non-hydrogen) atoms. The molecule has 7 unspecified atom stereocenters. The summed E-state index contributed by atoms with van der Waals surface area (Å²) < 4.78 is 11.2. The number of hydrogen-bond acceptors (Lipinski definition) is 8. The predicted octanol–water partition coefficient (Wildman–Crippen LogP) is 14.5. The predicted molar refractivity (Wildman–Crippen MR) is 290 cm³/mol. The lowest BCUT2D eigenvalue weighted by molar-refractivity contribution is -0.302. The molecule has 1 aliphatic heterocycles. The van der Waals surface area contributed by atoms with E-state index in [-0.39, 0.29) is 12.5 Å². The summed E-state index contributed by atoms with van der Waals surface area (Å²) in [7, 11) is 0. The molecule has 404 valence electrons. The molecule has 1 amide bonds. The van der Waals surface area contributed by atoms with E-state index in [9.17, 15) is 30.3 Å². The van der Waals surface area contributed by atoms with E-state index < -0.39 is 49.5 Å². The molecule has 9 heteroatoms. The number of allylic oxidation sites excluding steroid dienone is 7. The topological polar surface area (TPSA) is 149 Å². The smallest absolute Gasteiger partial charge is 0.220 e. The number of carbonyl (C=O) groups is 1. The quantitative estimate of drug-likeness (QED) is 0.0261. The summed E-state index contributed by atoms with van der Waals surface area (Å²) in [5.74, 6) is -0.205. The second-order valence-corrected chi connectivity index (χ2v) is 20.4. The van der Waals surface area contributed by atoms with E-state index in [0.29, 0.717) is 6.42 Å². The van der Waals surface area contributed by atoms with Crippen LogP contribution in [0.3, 0.4) is 0 Å². The van der Waals surface area contributed by atoms with Crippen LogP contribution in [0.15, 0.2) is 48.6 Å². The van der Waals surface area contributed by atoms with Gasteiger partial charge in [0.25, 0.3) is 0 Å². The molecule has 1 aliphatic rings. The van der Waals surface area contributed by atoms with Crippen molar-refractivity contribution in [3.8, 4) is 0 Å². The van der Waals surface area contributed by atoms with Gasteiger partial charge in [0.05, 0.1) is 25.4 Å². The first-order valence-corrected chi connectivity index (χ1v) is 29.4. The number of aliphatic hydroxyl groups is 5. The number of amides is 1. The number of carbonyl (C=O) groups excluding carboxylic acids is 1. The monoisotopic (exact) mass is 974 g/mol. The van der Waals surface area contributed by atoms with Crippen LogP contribution in [0, 0.1) is 0 Å². The van der Waals surface area contributed by atoms with E-state index in [2.05, 4.69) is 55.6 Å². The Morgan fingerprint density at radius 3 is 1.33 bits per heavy atom. The first-order chi connectivity index (χ1) is 33.8. The van der Waals surface area contributed by atoms with Crippen LogP contribution in [0.2, 0.25) is 0 Å². The van der Waals surface area contributed by atoms with Gasteiger partial charge in [0, 0.05) is 6.42 Å². The van der Waals surface area contributed by atoms with Crippen molar-refractivity contribution in [2.75, 3.05) is 13.2 Å². The molecule has 1 rings (SSSR count). The Balaban J connectivity index is 2.13. The standard InChI is InChI=1S/C60H111NO8/c1-3-5-7-9-11-13-15-17-18-19-20-21-22-23-24-25-26-27-28-29-30-31-32-33-34-35-36-38-39-41-43-45-47-49-54(63)53(52-68-60-59(67)58(66)57(65)55(51-62)69-60)61-56(64)50-48-46-44-42-40-37-16-14-12-10-8-6-4-2/h6,8,12,14,37,40,47,49,53-55,57-60,62-63,65-67H,3-5,7,9-11,13,15-36,38-39,41-46,48,50-52H2,1-2H3,(H,61,64)/b8-6-,14-12-,40-37-,49-47+. The second kappa shape index (κ2) is 49.7. The minimum atomic E-state index is -1.57. The maximum atomic E-state index is 13.0. The van der Waals surface area contributed by atoms with Crippen LogP contribution in [-0.2, 0) is 14.3 Å². The minimum absolute atomic E-state index is 0.201. The van der Waals surface area contributed by atoms with E-state index in [1.807, 2.05) is 6.08 Å². The van der Waals surface area contributed by atoms with Crippen molar-refractivity contribution in [1.82, 2.24) is 5.32 Å². The summed E-state index contributed by atoms with van der Waals surface area (Å²) in [6, 6.07) is -0.821. The highest BCUT2D eigenvalue weighted by Gasteiger charge is 2.44. The van der Waals surface area contributed by atoms with Gasteiger partial charge in [0.2, 0.25) is 5.91 Å². The van der Waals surface area contributed by atoms with Crippen molar-refractivity contribution in [3.63, 3.8) is 0 Å². The van der Waals surface area contributed by atoms with Crippen molar-refractivity contribution in [1.29, 1.82) is 0 Å². The minimum Gasteiger partial charge on any atom is -0.394 e. The summed E-state index contributed by atoms with van der Waals surface area (Å²) in [6.45, 7) is 3.66. The fourth-order valence-corrected chi connectivity index (χ4v) is 9.29. The van der Waals surface area contributed by atoms with Crippen molar-refractivity contribution >= 4 is 5.91 Å². The molecule has 0 bridgehead atoms. The van der Waals surface area contributed by atoms with Crippen molar-refractivity contribution in [2.45, 2.75) is 314 Å². The molecule has 0 spiro atoms. The zero-order chi connectivity index (χ0) is 50.1. The first-order valence-electron chi connectivity index (χ1n) is 29.4. The molecule has 0 aliphatic carbocycles. The molecule has 1 fully saturated rings. The molecular formula is C60H111NO8. The Morgan fingerprint density at radius 2 is 0.899 bits per heavy atom. The van der Waals surface area contributed by atoms with Crippen LogP contribution in [0.1, 0.15) is 271 Å². The average molecular weight is 975 g/mol. The van der Waals surface area contributed by atoms with E-state index in [0.717, 1.165) is 64.2 Å². The van der Waals surface area contributed by atoms with Crippen LogP contribution < -0.4 is 5.32 Å². The van der Waals surface area contributed by atoms with Gasteiger partial charge >= 0.3 is 0 Å². The Labute approximate surface area is 424 Å². The third-order valence-electron chi connectivity index (χ3n) is 13.9. The zero-order valence-electron chi connectivity index (χ0n) is 44.8. The normalized spacial score (nSPS) is 19.8. The van der Waals surface area contributed by atoms with Gasteiger partial charge in [-0.1, -0.05) is 262 Å². The zero-order valence-corrected chi connectivity index (χ0v) is 44.8. The highest BCUT2D eigenvalue weighted by Crippen LogP contribution is 2.23. The number of rotatable bonds is 50. The van der Waals surface area contributed by atoms with Crippen LogP contribution >= 0.6 is 0 Å². The molecule has 6 N–H and O–H groups in total. The van der Waals surface area contributed by atoms with Crippen LogP contribution in [0.25, 0.3) is 0 Å². The fourth-order valence-electron chi connectivity index (χ4n) is 9.29. The van der Waals surface area contributed by atoms with Crippen LogP contribution in [0.4, 0.5) is 0 Å². The number of ether oxygens (including phenoxy) is 2. The van der Waals surface area contributed by atoms with Gasteiger partial charge < -0.3 is 40.3 Å². The molecule has 9 nitrogen and oxygen atoms in total. The molecule has 0 aromatic carbocycles. The van der Waals surface area contributed by atoms with Gasteiger partial charge in [0.15, 0.2) is 6.29 Å². The van der Waals surface area contributed by atoms with Crippen molar-refractivity contribution in [3.05, 3.63) is 48.6 Å². The van der Waals surface area contributed by atoms with Crippen molar-refractivity contribution < 1.29 is 39.8 Å². The Bertz CT molecular complexity index is 1220. The van der Waals surface area contributed by atoms with E-state index in [1.165, 1.54) is 186 Å². The molecule has 0 aromatic rings. The Morgan fingerprint density at radius 1 is 0.507 bits per heavy atom. The van der Waals surface area contributed by atoms with E-state index >= 15 is 0 Å². The molecule has 1 saturated heterocycles. The Hall–Kier alpha value is -1.85. The number of nitrogens with one attached hydrogen (secondary N) is 1. The molecule has 0 aromatic heterocycles. The maximum absolute atomic E-state index is 13.0. The van der Waals surface area contributed by atoms with Crippen LogP contribution in [0.5, 0.6) is 0 Å². The van der Waals surface area contributed by atoms with Gasteiger partial charge in [-0.2, -0.15) is 0 Å². The summed E-state index contributed by atoms with van der Waals surface area (Å²) in [4.78, 5) is 13.0. The highest BCUT2D eigenvalue weighted by molar-refractivity contribution is 5.76. The van der Waals surface area contributed by atoms with Crippen LogP contribution in [-0.4, -0.2) is 87.5 Å². The SMILES string of the molecule is CC/C=C\C/C=C\C/C=C\CCCCCC(=O)NC(COC1OC(CO)C(O)C(O)C1O)C(O)/C=C/CCCCCCCCCCCCCCCCCCCCCCCCCCCCCCCCC. The molecule has 1 heterocycles. The number of aliphatic hydroxyl groups excluding tert-OH is 5. The largest absolute Gasteiger partial charge is 0.394 e. The summed E-state index contributed by atoms with van der Waals surface area (Å²) in [6.07, 6.45) is 59.3. The average Bonchev–Trinajstić information content (AvgIpc) is 3.35. The highest BCUT2D eigenvalue weighted by atomic mass is 16.7. The van der Waals surface area contributed by atoms with Gasteiger partial charge in [-0.15, -0.1) is 0 Å². The molecule has 0 saturated carbocycles. The molecular weight excluding hydrogens is 863 g/mol. The number of unbranched alkanes of at least 4 members (excludes halogenated alkanes) is 34. The number of hydrogen-bond donors (Lipinski definition) is 6. The van der Waals surface area contributed by atoms with Gasteiger partial charge in [-0.25, -0.2) is 0 Å². The van der Waals surface area contributed by atoms with E-state index in [1.54, 1.807) is 6.08 Å². The summed E-state index contributed by atoms with van der Waals surface area (Å²) in [5.41, 5.74) is 0. The summed E-state index contributed by atoms with van der Waals surface area (Å²) in [5, 5.41) is 54.4. The van der Waals surface area contributed by atoms with Gasteiger partial charge in [-0.05, 0) is 51.4 Å². The van der Waals surface area contributed by atoms with Crippen molar-refractivity contribution in [2.24, 2.45) is 0 Å².